The Balaban J connectivity index is 1.96. The van der Waals surface area contributed by atoms with E-state index in [1.54, 1.807) is 0 Å². The first-order valence-electron chi connectivity index (χ1n) is 8.17. The minimum absolute atomic E-state index is 0.326. The molecule has 1 aromatic rings. The standard InChI is InChI=1S/C16H27N5/c1-4-5-13-12-6-7-17-10-14(12)19-16(18-13)15-11-20(2)8-9-21(15)3/h15,17H,4-11H2,1-3H3. The average Bonchev–Trinajstić information content (AvgIpc) is 2.50. The minimum Gasteiger partial charge on any atom is -0.311 e. The lowest BCUT2D eigenvalue weighted by Gasteiger charge is -2.37. The van der Waals surface area contributed by atoms with Crippen molar-refractivity contribution < 1.29 is 0 Å². The predicted octanol–water partition coefficient (Wildman–Crippen LogP) is 0.993. The van der Waals surface area contributed by atoms with Gasteiger partial charge in [-0.05, 0) is 39.0 Å². The summed E-state index contributed by atoms with van der Waals surface area (Å²) in [6, 6.07) is 0.326. The molecule has 0 aliphatic carbocycles. The van der Waals surface area contributed by atoms with E-state index >= 15 is 0 Å². The molecule has 0 aromatic carbocycles. The van der Waals surface area contributed by atoms with Gasteiger partial charge in [-0.3, -0.25) is 4.90 Å². The Bertz CT molecular complexity index is 502. The van der Waals surface area contributed by atoms with Gasteiger partial charge in [0.15, 0.2) is 0 Å². The summed E-state index contributed by atoms with van der Waals surface area (Å²) in [5.41, 5.74) is 3.93. The summed E-state index contributed by atoms with van der Waals surface area (Å²) in [6.45, 7) is 7.42. The van der Waals surface area contributed by atoms with Gasteiger partial charge in [-0.2, -0.15) is 0 Å². The molecule has 1 saturated heterocycles. The van der Waals surface area contributed by atoms with E-state index in [9.17, 15) is 0 Å². The van der Waals surface area contributed by atoms with Crippen LogP contribution in [0.1, 0.15) is 42.2 Å². The van der Waals surface area contributed by atoms with Crippen LogP contribution in [-0.2, 0) is 19.4 Å². The van der Waals surface area contributed by atoms with Crippen LogP contribution in [0.15, 0.2) is 0 Å². The second-order valence-electron chi connectivity index (χ2n) is 6.39. The summed E-state index contributed by atoms with van der Waals surface area (Å²) in [6.07, 6.45) is 3.30. The number of nitrogens with zero attached hydrogens (tertiary/aromatic N) is 4. The fraction of sp³-hybridized carbons (Fsp3) is 0.750. The molecular weight excluding hydrogens is 262 g/mol. The first kappa shape index (κ1) is 14.9. The summed E-state index contributed by atoms with van der Waals surface area (Å²) in [5.74, 6) is 1.02. The monoisotopic (exact) mass is 289 g/mol. The molecule has 21 heavy (non-hydrogen) atoms. The van der Waals surface area contributed by atoms with Gasteiger partial charge in [-0.15, -0.1) is 0 Å². The highest BCUT2D eigenvalue weighted by molar-refractivity contribution is 5.29. The van der Waals surface area contributed by atoms with Crippen molar-refractivity contribution >= 4 is 0 Å². The summed E-state index contributed by atoms with van der Waals surface area (Å²) in [5, 5.41) is 3.45. The molecule has 1 unspecified atom stereocenters. The lowest BCUT2D eigenvalue weighted by molar-refractivity contribution is 0.109. The third-order valence-electron chi connectivity index (χ3n) is 4.68. The zero-order chi connectivity index (χ0) is 14.8. The van der Waals surface area contributed by atoms with Crippen molar-refractivity contribution in [1.29, 1.82) is 0 Å². The Morgan fingerprint density at radius 1 is 1.24 bits per heavy atom. The Hall–Kier alpha value is -1.04. The SMILES string of the molecule is CCCc1nc(C2CN(C)CCN2C)nc2c1CCNC2. The quantitative estimate of drug-likeness (QED) is 0.899. The van der Waals surface area contributed by atoms with Gasteiger partial charge in [0.25, 0.3) is 0 Å². The Kier molecular flexibility index (Phi) is 4.52. The first-order valence-corrected chi connectivity index (χ1v) is 8.17. The van der Waals surface area contributed by atoms with Gasteiger partial charge in [0.2, 0.25) is 0 Å². The molecule has 0 amide bonds. The zero-order valence-electron chi connectivity index (χ0n) is 13.5. The van der Waals surface area contributed by atoms with Crippen LogP contribution < -0.4 is 5.32 Å². The molecule has 116 valence electrons. The highest BCUT2D eigenvalue weighted by atomic mass is 15.3. The largest absolute Gasteiger partial charge is 0.311 e. The number of aromatic nitrogens is 2. The minimum atomic E-state index is 0.326. The molecule has 0 spiro atoms. The summed E-state index contributed by atoms with van der Waals surface area (Å²) in [7, 11) is 4.38. The molecule has 5 nitrogen and oxygen atoms in total. The maximum Gasteiger partial charge on any atom is 0.147 e. The van der Waals surface area contributed by atoms with E-state index in [4.69, 9.17) is 9.97 Å². The molecule has 5 heteroatoms. The highest BCUT2D eigenvalue weighted by Gasteiger charge is 2.28. The van der Waals surface area contributed by atoms with E-state index < -0.39 is 0 Å². The highest BCUT2D eigenvalue weighted by Crippen LogP contribution is 2.24. The van der Waals surface area contributed by atoms with Crippen LogP contribution in [0, 0.1) is 0 Å². The smallest absolute Gasteiger partial charge is 0.147 e. The number of likely N-dealkylation sites (N-methyl/N-ethyl adjacent to an activating group) is 2. The van der Waals surface area contributed by atoms with E-state index in [1.165, 1.54) is 17.0 Å². The van der Waals surface area contributed by atoms with Gasteiger partial charge in [0.1, 0.15) is 5.82 Å². The normalized spacial score (nSPS) is 24.0. The second kappa shape index (κ2) is 6.38. The van der Waals surface area contributed by atoms with Crippen LogP contribution in [0.4, 0.5) is 0 Å². The Labute approximate surface area is 127 Å². The molecule has 1 N–H and O–H groups in total. The van der Waals surface area contributed by atoms with Crippen molar-refractivity contribution in [1.82, 2.24) is 25.1 Å². The van der Waals surface area contributed by atoms with Gasteiger partial charge in [-0.25, -0.2) is 9.97 Å². The molecule has 0 bridgehead atoms. The number of fused-ring (bicyclic) bond motifs is 1. The number of nitrogens with one attached hydrogen (secondary N) is 1. The van der Waals surface area contributed by atoms with Crippen molar-refractivity contribution in [3.05, 3.63) is 22.8 Å². The fourth-order valence-corrected chi connectivity index (χ4v) is 3.34. The van der Waals surface area contributed by atoms with Crippen LogP contribution in [0.2, 0.25) is 0 Å². The number of piperazine rings is 1. The Morgan fingerprint density at radius 2 is 2.10 bits per heavy atom. The Morgan fingerprint density at radius 3 is 2.90 bits per heavy atom. The molecule has 0 radical (unpaired) electrons. The molecule has 3 heterocycles. The third kappa shape index (κ3) is 3.10. The van der Waals surface area contributed by atoms with Gasteiger partial charge >= 0.3 is 0 Å². The second-order valence-corrected chi connectivity index (χ2v) is 6.39. The number of hydrogen-bond acceptors (Lipinski definition) is 5. The van der Waals surface area contributed by atoms with Crippen molar-refractivity contribution in [2.24, 2.45) is 0 Å². The lowest BCUT2D eigenvalue weighted by atomic mass is 10.0. The van der Waals surface area contributed by atoms with E-state index in [0.29, 0.717) is 6.04 Å². The number of rotatable bonds is 3. The maximum atomic E-state index is 4.98. The lowest BCUT2D eigenvalue weighted by Crippen LogP contribution is -2.45. The van der Waals surface area contributed by atoms with Crippen LogP contribution in [0.25, 0.3) is 0 Å². The summed E-state index contributed by atoms with van der Waals surface area (Å²) < 4.78 is 0. The van der Waals surface area contributed by atoms with E-state index in [2.05, 4.69) is 36.1 Å². The van der Waals surface area contributed by atoms with E-state index in [1.807, 2.05) is 0 Å². The average molecular weight is 289 g/mol. The zero-order valence-corrected chi connectivity index (χ0v) is 13.5. The molecule has 2 aliphatic rings. The number of hydrogen-bond donors (Lipinski definition) is 1. The molecule has 1 aromatic heterocycles. The van der Waals surface area contributed by atoms with Crippen molar-refractivity contribution in [2.75, 3.05) is 40.3 Å². The maximum absolute atomic E-state index is 4.98. The predicted molar refractivity (Wildman–Crippen MR) is 84.3 cm³/mol. The molecule has 2 aliphatic heterocycles. The van der Waals surface area contributed by atoms with Crippen LogP contribution in [0.3, 0.4) is 0 Å². The van der Waals surface area contributed by atoms with Crippen molar-refractivity contribution in [3.8, 4) is 0 Å². The molecule has 1 atom stereocenters. The third-order valence-corrected chi connectivity index (χ3v) is 4.68. The van der Waals surface area contributed by atoms with Gasteiger partial charge < -0.3 is 10.2 Å². The van der Waals surface area contributed by atoms with Crippen LogP contribution >= 0.6 is 0 Å². The van der Waals surface area contributed by atoms with Crippen molar-refractivity contribution in [3.63, 3.8) is 0 Å². The molecular formula is C16H27N5. The fourth-order valence-electron chi connectivity index (χ4n) is 3.34. The van der Waals surface area contributed by atoms with Gasteiger partial charge in [0, 0.05) is 31.9 Å². The van der Waals surface area contributed by atoms with E-state index in [0.717, 1.165) is 57.8 Å². The summed E-state index contributed by atoms with van der Waals surface area (Å²) >= 11 is 0. The van der Waals surface area contributed by atoms with Crippen molar-refractivity contribution in [2.45, 2.75) is 38.8 Å². The van der Waals surface area contributed by atoms with Gasteiger partial charge in [-0.1, -0.05) is 13.3 Å². The first-order chi connectivity index (χ1) is 10.2. The van der Waals surface area contributed by atoms with Gasteiger partial charge in [0.05, 0.1) is 11.7 Å². The van der Waals surface area contributed by atoms with Crippen LogP contribution in [-0.4, -0.2) is 60.0 Å². The topological polar surface area (TPSA) is 44.3 Å². The van der Waals surface area contributed by atoms with Crippen LogP contribution in [0.5, 0.6) is 0 Å². The molecule has 0 saturated carbocycles. The molecule has 1 fully saturated rings. The summed E-state index contributed by atoms with van der Waals surface area (Å²) in [4.78, 5) is 14.7. The van der Waals surface area contributed by atoms with E-state index in [-0.39, 0.29) is 0 Å². The molecule has 3 rings (SSSR count). The number of aryl methyl sites for hydroxylation is 1.